The highest BCUT2D eigenvalue weighted by atomic mass is 16.5. The Bertz CT molecular complexity index is 106. The molecule has 0 unspecified atom stereocenters. The second-order valence-corrected chi connectivity index (χ2v) is 2.11. The molecule has 0 heterocycles. The summed E-state index contributed by atoms with van der Waals surface area (Å²) < 4.78 is 4.63. The van der Waals surface area contributed by atoms with Gasteiger partial charge >= 0.3 is 0 Å². The van der Waals surface area contributed by atoms with Gasteiger partial charge in [-0.05, 0) is 6.92 Å². The molecule has 0 bridgehead atoms. The van der Waals surface area contributed by atoms with E-state index >= 15 is 0 Å². The number of rotatable bonds is 5. The average Bonchev–Trinajstić information content (AvgIpc) is 2.07. The van der Waals surface area contributed by atoms with Crippen LogP contribution in [0.4, 0.5) is 0 Å². The molecule has 0 aliphatic heterocycles. The number of aliphatic hydroxyl groups is 2. The minimum absolute atomic E-state index is 0.0278. The van der Waals surface area contributed by atoms with Crippen LogP contribution in [0.2, 0.25) is 0 Å². The van der Waals surface area contributed by atoms with Crippen molar-refractivity contribution >= 4 is 0 Å². The molecular weight excluding hydrogens is 156 g/mol. The predicted molar refractivity (Wildman–Crippen MR) is 50.0 cm³/mol. The lowest BCUT2D eigenvalue weighted by atomic mass is 10.4. The molecule has 0 aliphatic rings. The van der Waals surface area contributed by atoms with E-state index in [0.717, 1.165) is 5.57 Å². The van der Waals surface area contributed by atoms with Crippen molar-refractivity contribution in [1.29, 1.82) is 0 Å². The molecule has 0 saturated carbocycles. The highest BCUT2D eigenvalue weighted by Gasteiger charge is 1.79. The van der Waals surface area contributed by atoms with E-state index in [9.17, 15) is 0 Å². The van der Waals surface area contributed by atoms with Gasteiger partial charge in [0.15, 0.2) is 0 Å². The fourth-order valence-electron chi connectivity index (χ4n) is 0.231. The lowest BCUT2D eigenvalue weighted by molar-refractivity contribution is 0.0650. The Morgan fingerprint density at radius 2 is 1.67 bits per heavy atom. The third kappa shape index (κ3) is 22.8. The van der Waals surface area contributed by atoms with E-state index in [-0.39, 0.29) is 13.2 Å². The summed E-state index contributed by atoms with van der Waals surface area (Å²) in [5, 5.41) is 16.2. The van der Waals surface area contributed by atoms with Crippen LogP contribution in [0.5, 0.6) is 0 Å². The van der Waals surface area contributed by atoms with Crippen molar-refractivity contribution in [2.45, 2.75) is 6.92 Å². The van der Waals surface area contributed by atoms with Crippen LogP contribution in [-0.4, -0.2) is 36.6 Å². The van der Waals surface area contributed by atoms with Crippen LogP contribution in [0.15, 0.2) is 24.8 Å². The van der Waals surface area contributed by atoms with Gasteiger partial charge in [0.1, 0.15) is 0 Å². The fraction of sp³-hybridized carbons (Fsp3) is 0.556. The first kappa shape index (κ1) is 13.9. The Morgan fingerprint density at radius 3 is 1.83 bits per heavy atom. The molecule has 0 aliphatic carbocycles. The van der Waals surface area contributed by atoms with Crippen LogP contribution in [0.1, 0.15) is 6.92 Å². The standard InChI is InChI=1S/C5H8.C4H10O3/c1-4-5(2)3;5-1-3-7-4-2-6/h4H,1-2H2,3H3;5-6H,1-4H2. The maximum atomic E-state index is 8.09. The van der Waals surface area contributed by atoms with Crippen LogP contribution in [0, 0.1) is 0 Å². The zero-order valence-corrected chi connectivity index (χ0v) is 7.62. The van der Waals surface area contributed by atoms with Crippen molar-refractivity contribution in [3.05, 3.63) is 24.8 Å². The topological polar surface area (TPSA) is 49.7 Å². The van der Waals surface area contributed by atoms with Crippen molar-refractivity contribution in [1.82, 2.24) is 0 Å². The molecule has 3 heteroatoms. The second kappa shape index (κ2) is 13.0. The maximum absolute atomic E-state index is 8.09. The molecule has 3 nitrogen and oxygen atoms in total. The van der Waals surface area contributed by atoms with Crippen molar-refractivity contribution in [3.8, 4) is 0 Å². The second-order valence-electron chi connectivity index (χ2n) is 2.11. The highest BCUT2D eigenvalue weighted by molar-refractivity contribution is 5.05. The quantitative estimate of drug-likeness (QED) is 0.477. The van der Waals surface area contributed by atoms with Gasteiger partial charge in [-0.3, -0.25) is 0 Å². The zero-order valence-electron chi connectivity index (χ0n) is 7.62. The Kier molecular flexibility index (Phi) is 15.1. The summed E-state index contributed by atoms with van der Waals surface area (Å²) in [7, 11) is 0. The Labute approximate surface area is 74.0 Å². The molecule has 0 fully saturated rings. The Morgan fingerprint density at radius 1 is 1.33 bits per heavy atom. The van der Waals surface area contributed by atoms with Gasteiger partial charge in [0.05, 0.1) is 26.4 Å². The lowest BCUT2D eigenvalue weighted by Gasteiger charge is -1.94. The van der Waals surface area contributed by atoms with E-state index < -0.39 is 0 Å². The van der Waals surface area contributed by atoms with Crippen LogP contribution in [0.25, 0.3) is 0 Å². The number of ether oxygens (including phenoxy) is 1. The van der Waals surface area contributed by atoms with Crippen LogP contribution in [-0.2, 0) is 4.74 Å². The summed E-state index contributed by atoms with van der Waals surface area (Å²) in [5.41, 5.74) is 1.02. The Hall–Kier alpha value is -0.640. The monoisotopic (exact) mass is 174 g/mol. The van der Waals surface area contributed by atoms with Gasteiger partial charge < -0.3 is 14.9 Å². The number of aliphatic hydroxyl groups excluding tert-OH is 2. The lowest BCUT2D eigenvalue weighted by Crippen LogP contribution is -2.03. The molecule has 0 aromatic carbocycles. The Balaban J connectivity index is 0. The first-order chi connectivity index (χ1) is 5.68. The van der Waals surface area contributed by atoms with Gasteiger partial charge in [-0.2, -0.15) is 0 Å². The van der Waals surface area contributed by atoms with E-state index in [2.05, 4.69) is 17.9 Å². The van der Waals surface area contributed by atoms with Gasteiger partial charge in [-0.1, -0.05) is 24.8 Å². The number of hydrogen-bond donors (Lipinski definition) is 2. The molecule has 0 spiro atoms. The fourth-order valence-corrected chi connectivity index (χ4v) is 0.231. The van der Waals surface area contributed by atoms with Crippen molar-refractivity contribution in [2.75, 3.05) is 26.4 Å². The molecule has 0 saturated heterocycles. The largest absolute Gasteiger partial charge is 0.394 e. The summed E-state index contributed by atoms with van der Waals surface area (Å²) in [5.74, 6) is 0. The highest BCUT2D eigenvalue weighted by Crippen LogP contribution is 1.81. The summed E-state index contributed by atoms with van der Waals surface area (Å²) in [6.45, 7) is 9.62. The molecule has 0 aromatic heterocycles. The summed E-state index contributed by atoms with van der Waals surface area (Å²) in [6, 6.07) is 0. The minimum Gasteiger partial charge on any atom is -0.394 e. The van der Waals surface area contributed by atoms with Crippen LogP contribution >= 0.6 is 0 Å². The van der Waals surface area contributed by atoms with Gasteiger partial charge in [-0.25, -0.2) is 0 Å². The third-order valence-electron chi connectivity index (χ3n) is 0.820. The molecule has 2 N–H and O–H groups in total. The molecular formula is C9H18O3. The van der Waals surface area contributed by atoms with E-state index in [4.69, 9.17) is 10.2 Å². The minimum atomic E-state index is 0.0278. The normalized spacial score (nSPS) is 8.25. The van der Waals surface area contributed by atoms with Gasteiger partial charge in [0, 0.05) is 0 Å². The molecule has 0 radical (unpaired) electrons. The van der Waals surface area contributed by atoms with Crippen LogP contribution < -0.4 is 0 Å². The summed E-state index contributed by atoms with van der Waals surface area (Å²) >= 11 is 0. The molecule has 0 atom stereocenters. The molecule has 0 amide bonds. The third-order valence-corrected chi connectivity index (χ3v) is 0.820. The first-order valence-corrected chi connectivity index (χ1v) is 3.76. The van der Waals surface area contributed by atoms with E-state index in [1.54, 1.807) is 6.08 Å². The van der Waals surface area contributed by atoms with E-state index in [1.165, 1.54) is 0 Å². The van der Waals surface area contributed by atoms with Crippen molar-refractivity contribution in [2.24, 2.45) is 0 Å². The zero-order chi connectivity index (χ0) is 9.82. The molecule has 72 valence electrons. The van der Waals surface area contributed by atoms with Gasteiger partial charge in [0.2, 0.25) is 0 Å². The number of allylic oxidation sites excluding steroid dienone is 2. The number of hydrogen-bond acceptors (Lipinski definition) is 3. The van der Waals surface area contributed by atoms with Crippen LogP contribution in [0.3, 0.4) is 0 Å². The van der Waals surface area contributed by atoms with Gasteiger partial charge in [0.25, 0.3) is 0 Å². The van der Waals surface area contributed by atoms with Gasteiger partial charge in [-0.15, -0.1) is 0 Å². The van der Waals surface area contributed by atoms with Crippen molar-refractivity contribution < 1.29 is 14.9 Å². The first-order valence-electron chi connectivity index (χ1n) is 3.76. The van der Waals surface area contributed by atoms with Crippen molar-refractivity contribution in [3.63, 3.8) is 0 Å². The predicted octanol–water partition coefficient (Wildman–Crippen LogP) is 0.736. The maximum Gasteiger partial charge on any atom is 0.0698 e. The SMILES string of the molecule is C=CC(=C)C.OCCOCCO. The van der Waals surface area contributed by atoms with E-state index in [0.29, 0.717) is 13.2 Å². The van der Waals surface area contributed by atoms with E-state index in [1.807, 2.05) is 6.92 Å². The molecule has 12 heavy (non-hydrogen) atoms. The molecule has 0 aromatic rings. The average molecular weight is 174 g/mol. The smallest absolute Gasteiger partial charge is 0.0698 e. The summed E-state index contributed by atoms with van der Waals surface area (Å²) in [4.78, 5) is 0. The molecule has 0 rings (SSSR count). The summed E-state index contributed by atoms with van der Waals surface area (Å²) in [6.07, 6.45) is 1.72.